The summed E-state index contributed by atoms with van der Waals surface area (Å²) in [4.78, 5) is 16.4. The average Bonchev–Trinajstić information content (AvgIpc) is 3.50. The Morgan fingerprint density at radius 2 is 2.19 bits per heavy atom. The smallest absolute Gasteiger partial charge is 0.228 e. The first-order valence-electron chi connectivity index (χ1n) is 10.9. The lowest BCUT2D eigenvalue weighted by atomic mass is 9.93. The van der Waals surface area contributed by atoms with E-state index in [2.05, 4.69) is 39.2 Å². The Balaban J connectivity index is 1.22. The van der Waals surface area contributed by atoms with Crippen molar-refractivity contribution in [2.24, 2.45) is 11.7 Å². The summed E-state index contributed by atoms with van der Waals surface area (Å²) in [7, 11) is 1.72. The van der Waals surface area contributed by atoms with Gasteiger partial charge in [0, 0.05) is 49.8 Å². The SMILES string of the molecule is COC1C=c2ncccc2=CC1C1=CNC([C@@H](N)CCCCCC(=O)C2NC=CO2)N1. The van der Waals surface area contributed by atoms with E-state index in [0.29, 0.717) is 6.42 Å². The van der Waals surface area contributed by atoms with Gasteiger partial charge in [-0.3, -0.25) is 9.78 Å². The van der Waals surface area contributed by atoms with Crippen molar-refractivity contribution in [3.8, 4) is 0 Å². The Morgan fingerprint density at radius 3 is 3.00 bits per heavy atom. The number of carbonyl (C=O) groups is 1. The largest absolute Gasteiger partial charge is 0.469 e. The van der Waals surface area contributed by atoms with Gasteiger partial charge in [0.2, 0.25) is 6.23 Å². The Kier molecular flexibility index (Phi) is 6.89. The Morgan fingerprint density at radius 1 is 1.29 bits per heavy atom. The van der Waals surface area contributed by atoms with Gasteiger partial charge < -0.3 is 31.2 Å². The molecule has 166 valence electrons. The highest BCUT2D eigenvalue weighted by atomic mass is 16.5. The number of hydrogen-bond acceptors (Lipinski definition) is 8. The van der Waals surface area contributed by atoms with Gasteiger partial charge in [0.25, 0.3) is 0 Å². The zero-order valence-corrected chi connectivity index (χ0v) is 17.8. The number of aromatic nitrogens is 1. The molecule has 1 aliphatic carbocycles. The van der Waals surface area contributed by atoms with E-state index in [9.17, 15) is 4.79 Å². The number of nitrogens with zero attached hydrogens (tertiary/aromatic N) is 1. The van der Waals surface area contributed by atoms with Crippen molar-refractivity contribution >= 4 is 17.9 Å². The lowest BCUT2D eigenvalue weighted by Gasteiger charge is -2.27. The third-order valence-corrected chi connectivity index (χ3v) is 5.99. The quantitative estimate of drug-likeness (QED) is 0.385. The van der Waals surface area contributed by atoms with Crippen LogP contribution in [0.3, 0.4) is 0 Å². The molecule has 4 unspecified atom stereocenters. The maximum Gasteiger partial charge on any atom is 0.228 e. The zero-order valence-electron chi connectivity index (χ0n) is 17.8. The van der Waals surface area contributed by atoms with Crippen LogP contribution in [-0.2, 0) is 14.3 Å². The van der Waals surface area contributed by atoms with Crippen LogP contribution in [-0.4, -0.2) is 42.4 Å². The van der Waals surface area contributed by atoms with E-state index in [-0.39, 0.29) is 30.0 Å². The summed E-state index contributed by atoms with van der Waals surface area (Å²) < 4.78 is 10.9. The second-order valence-electron chi connectivity index (χ2n) is 8.14. The Labute approximate surface area is 182 Å². The van der Waals surface area contributed by atoms with Gasteiger partial charge in [-0.15, -0.1) is 0 Å². The predicted octanol–water partition coefficient (Wildman–Crippen LogP) is -0.0883. The van der Waals surface area contributed by atoms with Gasteiger partial charge in [-0.25, -0.2) is 0 Å². The first-order valence-corrected chi connectivity index (χ1v) is 10.9. The van der Waals surface area contributed by atoms with E-state index in [1.54, 1.807) is 19.5 Å². The number of Topliss-reactive ketones (excluding diaryl/α,β-unsaturated/α-hetero) is 1. The number of hydrogen-bond donors (Lipinski definition) is 4. The first-order chi connectivity index (χ1) is 15.2. The summed E-state index contributed by atoms with van der Waals surface area (Å²) in [5.74, 6) is 0.172. The maximum absolute atomic E-state index is 12.0. The number of fused-ring (bicyclic) bond motifs is 1. The molecule has 0 saturated heterocycles. The number of nitrogens with one attached hydrogen (secondary N) is 3. The van der Waals surface area contributed by atoms with Crippen LogP contribution < -0.4 is 32.3 Å². The number of pyridine rings is 1. The summed E-state index contributed by atoms with van der Waals surface area (Å²) in [5, 5.41) is 11.9. The Hall–Kier alpha value is -2.84. The summed E-state index contributed by atoms with van der Waals surface area (Å²) in [6.45, 7) is 0. The van der Waals surface area contributed by atoms with Crippen molar-refractivity contribution < 1.29 is 14.3 Å². The molecule has 0 bridgehead atoms. The molecular weight excluding hydrogens is 394 g/mol. The number of rotatable bonds is 10. The summed E-state index contributed by atoms with van der Waals surface area (Å²) in [6, 6.07) is 3.98. The van der Waals surface area contributed by atoms with Crippen LogP contribution >= 0.6 is 0 Å². The first kappa shape index (κ1) is 21.4. The fourth-order valence-corrected chi connectivity index (χ4v) is 4.21. The summed E-state index contributed by atoms with van der Waals surface area (Å²) in [6.07, 6.45) is 14.8. The normalized spacial score (nSPS) is 26.8. The molecule has 8 heteroatoms. The molecule has 5 N–H and O–H groups in total. The fraction of sp³-hybridized carbons (Fsp3) is 0.478. The van der Waals surface area contributed by atoms with Crippen LogP contribution in [0.5, 0.6) is 0 Å². The maximum atomic E-state index is 12.0. The molecule has 5 atom stereocenters. The van der Waals surface area contributed by atoms with E-state index in [4.69, 9.17) is 15.2 Å². The van der Waals surface area contributed by atoms with Gasteiger partial charge in [-0.05, 0) is 30.2 Å². The molecule has 3 heterocycles. The minimum absolute atomic E-state index is 0.0139. The van der Waals surface area contributed by atoms with E-state index < -0.39 is 6.23 Å². The molecule has 0 spiro atoms. The highest BCUT2D eigenvalue weighted by Gasteiger charge is 2.30. The number of nitrogens with two attached hydrogens (primary N) is 1. The summed E-state index contributed by atoms with van der Waals surface area (Å²) >= 11 is 0. The molecule has 4 rings (SSSR count). The zero-order chi connectivity index (χ0) is 21.6. The minimum Gasteiger partial charge on any atom is -0.469 e. The van der Waals surface area contributed by atoms with E-state index in [1.165, 1.54) is 6.26 Å². The van der Waals surface area contributed by atoms with Crippen molar-refractivity contribution in [3.63, 3.8) is 0 Å². The van der Waals surface area contributed by atoms with Crippen LogP contribution in [0.4, 0.5) is 0 Å². The van der Waals surface area contributed by atoms with E-state index >= 15 is 0 Å². The van der Waals surface area contributed by atoms with Crippen molar-refractivity contribution in [1.82, 2.24) is 20.9 Å². The van der Waals surface area contributed by atoms with Gasteiger partial charge in [-0.2, -0.15) is 0 Å². The number of ketones is 1. The summed E-state index contributed by atoms with van der Waals surface area (Å²) in [5.41, 5.74) is 7.50. The molecule has 0 aromatic carbocycles. The van der Waals surface area contributed by atoms with Gasteiger partial charge in [0.05, 0.1) is 11.5 Å². The Bertz CT molecular complexity index is 952. The highest BCUT2D eigenvalue weighted by Crippen LogP contribution is 2.23. The van der Waals surface area contributed by atoms with E-state index in [0.717, 1.165) is 41.9 Å². The van der Waals surface area contributed by atoms with Crippen molar-refractivity contribution in [3.05, 3.63) is 53.3 Å². The topological polar surface area (TPSA) is 111 Å². The van der Waals surface area contributed by atoms with Crippen molar-refractivity contribution in [1.29, 1.82) is 0 Å². The van der Waals surface area contributed by atoms with Crippen LogP contribution in [0.1, 0.15) is 32.1 Å². The average molecular weight is 426 g/mol. The molecule has 1 aromatic rings. The standard InChI is InChI=1S/C23H31N5O3/c1-30-21-13-18-15(6-5-9-25-18)12-16(21)19-14-27-22(28-19)17(24)7-3-2-4-8-20(29)23-26-10-11-31-23/h5-6,9-14,16-17,21-23,26-28H,2-4,7-8,24H2,1H3/t16?,17-,21?,22?,23?/m0/s1. The molecule has 3 aliphatic rings. The second kappa shape index (κ2) is 9.98. The number of unbranched alkanes of at least 4 members (excludes halogenated alkanes) is 2. The molecule has 8 nitrogen and oxygen atoms in total. The monoisotopic (exact) mass is 425 g/mol. The van der Waals surface area contributed by atoms with Gasteiger partial charge in [0.15, 0.2) is 5.78 Å². The van der Waals surface area contributed by atoms with Crippen molar-refractivity contribution in [2.75, 3.05) is 7.11 Å². The van der Waals surface area contributed by atoms with Crippen LogP contribution in [0.25, 0.3) is 12.2 Å². The highest BCUT2D eigenvalue weighted by molar-refractivity contribution is 5.83. The molecule has 31 heavy (non-hydrogen) atoms. The van der Waals surface area contributed by atoms with Crippen LogP contribution in [0, 0.1) is 5.92 Å². The van der Waals surface area contributed by atoms with Gasteiger partial charge >= 0.3 is 0 Å². The molecule has 0 saturated carbocycles. The number of methoxy groups -OCH3 is 1. The lowest BCUT2D eigenvalue weighted by Crippen LogP contribution is -2.49. The molecule has 2 aliphatic heterocycles. The number of ether oxygens (including phenoxy) is 2. The fourth-order valence-electron chi connectivity index (χ4n) is 4.21. The third-order valence-electron chi connectivity index (χ3n) is 5.99. The molecule has 0 amide bonds. The third kappa shape index (κ3) is 5.08. The van der Waals surface area contributed by atoms with E-state index in [1.807, 2.05) is 12.3 Å². The molecule has 0 fully saturated rings. The van der Waals surface area contributed by atoms with Gasteiger partial charge in [-0.1, -0.05) is 25.0 Å². The van der Waals surface area contributed by atoms with Crippen LogP contribution in [0.15, 0.2) is 42.7 Å². The van der Waals surface area contributed by atoms with Gasteiger partial charge in [0.1, 0.15) is 12.4 Å². The lowest BCUT2D eigenvalue weighted by molar-refractivity contribution is -0.127. The second-order valence-corrected chi connectivity index (χ2v) is 8.14. The van der Waals surface area contributed by atoms with Crippen LogP contribution in [0.2, 0.25) is 0 Å². The molecule has 0 radical (unpaired) electrons. The predicted molar refractivity (Wildman–Crippen MR) is 118 cm³/mol. The van der Waals surface area contributed by atoms with Crippen molar-refractivity contribution in [2.45, 2.75) is 56.6 Å². The molecular formula is C23H31N5O3. The number of carbonyl (C=O) groups excluding carboxylic acids is 1. The molecule has 1 aromatic heterocycles. The minimum atomic E-state index is -0.508.